The molecule has 0 aromatic heterocycles. The smallest absolute Gasteiger partial charge is 0.0587 e. The first-order valence-electron chi connectivity index (χ1n) is 7.40. The van der Waals surface area contributed by atoms with Crippen molar-refractivity contribution in [2.45, 2.75) is 25.2 Å². The van der Waals surface area contributed by atoms with Gasteiger partial charge in [-0.25, -0.2) is 0 Å². The van der Waals surface area contributed by atoms with Crippen LogP contribution in [0.25, 0.3) is 0 Å². The fourth-order valence-corrected chi connectivity index (χ4v) is 2.82. The first-order chi connectivity index (χ1) is 9.42. The number of aryl methyl sites for hydroxylation is 1. The molecule has 0 aliphatic heterocycles. The maximum atomic E-state index is 5.00. The van der Waals surface area contributed by atoms with Crippen LogP contribution in [-0.2, 0) is 11.2 Å². The average molecular weight is 262 g/mol. The standard InChI is InChI=1S/C16H26N2O/c1-19-12-11-17-9-10-18-13-15-7-4-6-14-5-2-3-8-16(14)15/h2-3,5,8,15,17-18H,4,6-7,9-13H2,1H3. The van der Waals surface area contributed by atoms with Crippen molar-refractivity contribution >= 4 is 0 Å². The third-order valence-corrected chi connectivity index (χ3v) is 3.85. The fourth-order valence-electron chi connectivity index (χ4n) is 2.82. The molecule has 1 aromatic rings. The highest BCUT2D eigenvalue weighted by Crippen LogP contribution is 2.30. The van der Waals surface area contributed by atoms with E-state index in [9.17, 15) is 0 Å². The number of methoxy groups -OCH3 is 1. The molecule has 0 amide bonds. The molecule has 2 N–H and O–H groups in total. The molecule has 3 nitrogen and oxygen atoms in total. The van der Waals surface area contributed by atoms with Gasteiger partial charge >= 0.3 is 0 Å². The molecule has 3 heteroatoms. The summed E-state index contributed by atoms with van der Waals surface area (Å²) >= 11 is 0. The monoisotopic (exact) mass is 262 g/mol. The van der Waals surface area contributed by atoms with E-state index in [1.54, 1.807) is 18.2 Å². The van der Waals surface area contributed by atoms with E-state index in [1.165, 1.54) is 19.3 Å². The minimum absolute atomic E-state index is 0.698. The second-order valence-corrected chi connectivity index (χ2v) is 5.23. The molecule has 0 radical (unpaired) electrons. The third kappa shape index (κ3) is 4.60. The van der Waals surface area contributed by atoms with Crippen LogP contribution in [0.3, 0.4) is 0 Å². The van der Waals surface area contributed by atoms with Gasteiger partial charge < -0.3 is 15.4 Å². The van der Waals surface area contributed by atoms with Gasteiger partial charge in [0.05, 0.1) is 6.61 Å². The summed E-state index contributed by atoms with van der Waals surface area (Å²) < 4.78 is 5.00. The Balaban J connectivity index is 1.67. The van der Waals surface area contributed by atoms with Crippen LogP contribution in [0.15, 0.2) is 24.3 Å². The van der Waals surface area contributed by atoms with Gasteiger partial charge in [-0.2, -0.15) is 0 Å². The molecule has 1 aliphatic carbocycles. The Morgan fingerprint density at radius 1 is 1.16 bits per heavy atom. The van der Waals surface area contributed by atoms with E-state index in [0.717, 1.165) is 32.8 Å². The van der Waals surface area contributed by atoms with E-state index in [1.807, 2.05) is 0 Å². The van der Waals surface area contributed by atoms with Crippen molar-refractivity contribution < 1.29 is 4.74 Å². The van der Waals surface area contributed by atoms with Crippen molar-refractivity contribution in [1.29, 1.82) is 0 Å². The van der Waals surface area contributed by atoms with E-state index in [4.69, 9.17) is 4.74 Å². The lowest BCUT2D eigenvalue weighted by Gasteiger charge is -2.25. The lowest BCUT2D eigenvalue weighted by Crippen LogP contribution is -2.32. The summed E-state index contributed by atoms with van der Waals surface area (Å²) in [5.41, 5.74) is 3.12. The highest BCUT2D eigenvalue weighted by molar-refractivity contribution is 5.32. The van der Waals surface area contributed by atoms with Gasteiger partial charge in [0, 0.05) is 33.3 Å². The van der Waals surface area contributed by atoms with Gasteiger partial charge in [0.1, 0.15) is 0 Å². The normalized spacial score (nSPS) is 18.3. The molecular weight excluding hydrogens is 236 g/mol. The summed E-state index contributed by atoms with van der Waals surface area (Å²) in [4.78, 5) is 0. The first kappa shape index (κ1) is 14.5. The molecule has 0 saturated heterocycles. The lowest BCUT2D eigenvalue weighted by molar-refractivity contribution is 0.199. The van der Waals surface area contributed by atoms with Gasteiger partial charge in [-0.15, -0.1) is 0 Å². The van der Waals surface area contributed by atoms with Gasteiger partial charge in [-0.1, -0.05) is 24.3 Å². The highest BCUT2D eigenvalue weighted by Gasteiger charge is 2.18. The van der Waals surface area contributed by atoms with E-state index >= 15 is 0 Å². The number of nitrogens with one attached hydrogen (secondary N) is 2. The van der Waals surface area contributed by atoms with Crippen molar-refractivity contribution in [2.75, 3.05) is 39.9 Å². The summed E-state index contributed by atoms with van der Waals surface area (Å²) in [5.74, 6) is 0.698. The molecule has 1 atom stereocenters. The molecular formula is C16H26N2O. The average Bonchev–Trinajstić information content (AvgIpc) is 2.46. The topological polar surface area (TPSA) is 33.3 Å². The van der Waals surface area contributed by atoms with Crippen LogP contribution in [0, 0.1) is 0 Å². The second kappa shape index (κ2) is 8.31. The van der Waals surface area contributed by atoms with Crippen LogP contribution in [-0.4, -0.2) is 39.9 Å². The predicted octanol–water partition coefficient (Wildman–Crippen LogP) is 1.93. The molecule has 2 rings (SSSR count). The molecule has 0 bridgehead atoms. The zero-order chi connectivity index (χ0) is 13.3. The SMILES string of the molecule is COCCNCCNCC1CCCc2ccccc21. The van der Waals surface area contributed by atoms with E-state index < -0.39 is 0 Å². The van der Waals surface area contributed by atoms with Crippen LogP contribution < -0.4 is 10.6 Å². The molecule has 1 aromatic carbocycles. The lowest BCUT2D eigenvalue weighted by atomic mass is 9.83. The highest BCUT2D eigenvalue weighted by atomic mass is 16.5. The number of rotatable bonds is 8. The number of hydrogen-bond donors (Lipinski definition) is 2. The molecule has 1 aliphatic rings. The zero-order valence-corrected chi connectivity index (χ0v) is 12.0. The molecule has 0 saturated carbocycles. The molecule has 0 spiro atoms. The Morgan fingerprint density at radius 2 is 2.00 bits per heavy atom. The summed E-state index contributed by atoms with van der Waals surface area (Å²) in [7, 11) is 1.74. The first-order valence-corrected chi connectivity index (χ1v) is 7.40. The Bertz CT molecular complexity index is 368. The van der Waals surface area contributed by atoms with Gasteiger partial charge in [-0.05, 0) is 36.3 Å². The minimum Gasteiger partial charge on any atom is -0.383 e. The zero-order valence-electron chi connectivity index (χ0n) is 12.0. The Labute approximate surface area is 116 Å². The summed E-state index contributed by atoms with van der Waals surface area (Å²) in [5, 5.41) is 6.93. The van der Waals surface area contributed by atoms with E-state index in [2.05, 4.69) is 34.9 Å². The van der Waals surface area contributed by atoms with Gasteiger partial charge in [0.2, 0.25) is 0 Å². The van der Waals surface area contributed by atoms with Crippen molar-refractivity contribution in [3.63, 3.8) is 0 Å². The Kier molecular flexibility index (Phi) is 6.34. The van der Waals surface area contributed by atoms with Crippen molar-refractivity contribution in [2.24, 2.45) is 0 Å². The molecule has 0 heterocycles. The second-order valence-electron chi connectivity index (χ2n) is 5.23. The summed E-state index contributed by atoms with van der Waals surface area (Å²) in [6, 6.07) is 8.92. The molecule has 19 heavy (non-hydrogen) atoms. The molecule has 106 valence electrons. The van der Waals surface area contributed by atoms with Crippen LogP contribution in [0.1, 0.15) is 29.9 Å². The molecule has 0 fully saturated rings. The van der Waals surface area contributed by atoms with E-state index in [0.29, 0.717) is 5.92 Å². The quantitative estimate of drug-likeness (QED) is 0.702. The Morgan fingerprint density at radius 3 is 2.89 bits per heavy atom. The van der Waals surface area contributed by atoms with Crippen LogP contribution >= 0.6 is 0 Å². The number of fused-ring (bicyclic) bond motifs is 1. The minimum atomic E-state index is 0.698. The van der Waals surface area contributed by atoms with Crippen LogP contribution in [0.4, 0.5) is 0 Å². The molecule has 1 unspecified atom stereocenters. The van der Waals surface area contributed by atoms with Crippen LogP contribution in [0.5, 0.6) is 0 Å². The predicted molar refractivity (Wildman–Crippen MR) is 79.7 cm³/mol. The van der Waals surface area contributed by atoms with Crippen LogP contribution in [0.2, 0.25) is 0 Å². The van der Waals surface area contributed by atoms with Gasteiger partial charge in [0.15, 0.2) is 0 Å². The number of hydrogen-bond acceptors (Lipinski definition) is 3. The number of benzene rings is 1. The third-order valence-electron chi connectivity index (χ3n) is 3.85. The maximum Gasteiger partial charge on any atom is 0.0587 e. The van der Waals surface area contributed by atoms with Crippen molar-refractivity contribution in [3.8, 4) is 0 Å². The fraction of sp³-hybridized carbons (Fsp3) is 0.625. The van der Waals surface area contributed by atoms with E-state index in [-0.39, 0.29) is 0 Å². The van der Waals surface area contributed by atoms with Gasteiger partial charge in [-0.3, -0.25) is 0 Å². The van der Waals surface area contributed by atoms with Gasteiger partial charge in [0.25, 0.3) is 0 Å². The maximum absolute atomic E-state index is 5.00. The summed E-state index contributed by atoms with van der Waals surface area (Å²) in [6.07, 6.45) is 3.90. The largest absolute Gasteiger partial charge is 0.383 e. The van der Waals surface area contributed by atoms with Crippen molar-refractivity contribution in [3.05, 3.63) is 35.4 Å². The summed E-state index contributed by atoms with van der Waals surface area (Å²) in [6.45, 7) is 4.86. The number of ether oxygens (including phenoxy) is 1. The Hall–Kier alpha value is -0.900. The van der Waals surface area contributed by atoms with Crippen molar-refractivity contribution in [1.82, 2.24) is 10.6 Å².